The predicted octanol–water partition coefficient (Wildman–Crippen LogP) is 4.26. The maximum Gasteiger partial charge on any atom is 0.257 e. The minimum absolute atomic E-state index is 0.232. The van der Waals surface area contributed by atoms with Crippen LogP contribution in [-0.4, -0.2) is 50.6 Å². The standard InChI is InChI=1S/C28H33N7O2/c1-3-8-25-32-27(34-28(33-25)35-16-7-9-21(14-17-35)20(2)15-18-36)31-24-13-12-22(19-29-24)26(37)30-23-10-5-4-6-11-23/h4-6,10-13,19-21,36H,7,9,14-18H2,1-2H3,(H,30,37)(H,29,31,32,33,34). The molecule has 0 saturated carbocycles. The Hall–Kier alpha value is -4.03. The molecule has 3 heterocycles. The summed E-state index contributed by atoms with van der Waals surface area (Å²) >= 11 is 0. The lowest BCUT2D eigenvalue weighted by atomic mass is 9.86. The molecule has 1 aromatic carbocycles. The second kappa shape index (κ2) is 12.8. The number of nitrogens with zero attached hydrogens (tertiary/aromatic N) is 5. The molecule has 1 fully saturated rings. The van der Waals surface area contributed by atoms with E-state index in [0.717, 1.165) is 44.5 Å². The number of aliphatic hydroxyl groups excluding tert-OH is 1. The number of anilines is 4. The van der Waals surface area contributed by atoms with Crippen LogP contribution < -0.4 is 15.5 Å². The monoisotopic (exact) mass is 499 g/mol. The van der Waals surface area contributed by atoms with Gasteiger partial charge >= 0.3 is 0 Å². The van der Waals surface area contributed by atoms with Crippen molar-refractivity contribution in [3.05, 3.63) is 60.0 Å². The molecule has 192 valence electrons. The zero-order valence-corrected chi connectivity index (χ0v) is 21.3. The molecule has 1 aliphatic rings. The highest BCUT2D eigenvalue weighted by Gasteiger charge is 2.23. The van der Waals surface area contributed by atoms with Crippen LogP contribution in [0.4, 0.5) is 23.4 Å². The Morgan fingerprint density at radius 2 is 1.97 bits per heavy atom. The van der Waals surface area contributed by atoms with Crippen molar-refractivity contribution < 1.29 is 9.90 Å². The summed E-state index contributed by atoms with van der Waals surface area (Å²) in [6.07, 6.45) is 5.54. The van der Waals surface area contributed by atoms with Gasteiger partial charge in [0.2, 0.25) is 17.7 Å². The Morgan fingerprint density at radius 1 is 1.14 bits per heavy atom. The fourth-order valence-corrected chi connectivity index (χ4v) is 4.50. The van der Waals surface area contributed by atoms with Gasteiger partial charge in [0.25, 0.3) is 5.91 Å². The van der Waals surface area contributed by atoms with Gasteiger partial charge < -0.3 is 20.6 Å². The number of amides is 1. The minimum atomic E-state index is -0.235. The average molecular weight is 500 g/mol. The number of carbonyl (C=O) groups is 1. The number of rotatable bonds is 8. The molecule has 0 bridgehead atoms. The molecule has 0 radical (unpaired) electrons. The van der Waals surface area contributed by atoms with E-state index in [1.54, 1.807) is 19.1 Å². The molecule has 2 unspecified atom stereocenters. The summed E-state index contributed by atoms with van der Waals surface area (Å²) in [4.78, 5) is 32.8. The van der Waals surface area contributed by atoms with Crippen molar-refractivity contribution in [3.63, 3.8) is 0 Å². The van der Waals surface area contributed by atoms with Gasteiger partial charge in [0, 0.05) is 31.6 Å². The molecule has 1 saturated heterocycles. The van der Waals surface area contributed by atoms with E-state index in [0.29, 0.717) is 40.9 Å². The second-order valence-corrected chi connectivity index (χ2v) is 9.20. The number of hydrogen-bond acceptors (Lipinski definition) is 8. The van der Waals surface area contributed by atoms with E-state index in [2.05, 4.69) is 54.2 Å². The summed E-state index contributed by atoms with van der Waals surface area (Å²) in [6, 6.07) is 12.7. The van der Waals surface area contributed by atoms with Crippen LogP contribution in [0.2, 0.25) is 0 Å². The molecule has 3 N–H and O–H groups in total. The van der Waals surface area contributed by atoms with Gasteiger partial charge in [-0.1, -0.05) is 31.0 Å². The van der Waals surface area contributed by atoms with Crippen LogP contribution in [0.1, 0.15) is 55.7 Å². The van der Waals surface area contributed by atoms with Gasteiger partial charge in [-0.25, -0.2) is 4.98 Å². The molecule has 9 heteroatoms. The van der Waals surface area contributed by atoms with Crippen LogP contribution in [0, 0.1) is 23.7 Å². The van der Waals surface area contributed by atoms with Crippen LogP contribution >= 0.6 is 0 Å². The molecule has 0 aliphatic carbocycles. The molecule has 1 amide bonds. The summed E-state index contributed by atoms with van der Waals surface area (Å²) < 4.78 is 0. The Labute approximate surface area is 217 Å². The van der Waals surface area contributed by atoms with Gasteiger partial charge in [0.1, 0.15) is 5.82 Å². The van der Waals surface area contributed by atoms with Crippen molar-refractivity contribution in [1.82, 2.24) is 19.9 Å². The SMILES string of the molecule is CC#Cc1nc(Nc2ccc(C(=O)Nc3ccccc3)cn2)nc(N2CCCC(C(C)CCO)CC2)n1. The maximum absolute atomic E-state index is 12.5. The number of nitrogens with one attached hydrogen (secondary N) is 2. The molecular weight excluding hydrogens is 466 g/mol. The zero-order chi connectivity index (χ0) is 26.0. The summed E-state index contributed by atoms with van der Waals surface area (Å²) in [5.41, 5.74) is 1.16. The lowest BCUT2D eigenvalue weighted by Gasteiger charge is -2.23. The number of carbonyl (C=O) groups excluding carboxylic acids is 1. The van der Waals surface area contributed by atoms with Crippen molar-refractivity contribution in [2.24, 2.45) is 11.8 Å². The Balaban J connectivity index is 1.46. The lowest BCUT2D eigenvalue weighted by Crippen LogP contribution is -2.27. The van der Waals surface area contributed by atoms with Crippen LogP contribution in [0.15, 0.2) is 48.7 Å². The number of aliphatic hydroxyl groups is 1. The molecule has 2 aromatic heterocycles. The van der Waals surface area contributed by atoms with E-state index in [-0.39, 0.29) is 12.5 Å². The maximum atomic E-state index is 12.5. The van der Waals surface area contributed by atoms with E-state index in [1.807, 2.05) is 30.3 Å². The number of aromatic nitrogens is 4. The third-order valence-electron chi connectivity index (χ3n) is 6.60. The van der Waals surface area contributed by atoms with Crippen molar-refractivity contribution in [3.8, 4) is 11.8 Å². The summed E-state index contributed by atoms with van der Waals surface area (Å²) in [5.74, 6) is 8.48. The largest absolute Gasteiger partial charge is 0.396 e. The molecule has 37 heavy (non-hydrogen) atoms. The van der Waals surface area contributed by atoms with Crippen molar-refractivity contribution >= 4 is 29.3 Å². The van der Waals surface area contributed by atoms with Gasteiger partial charge in [0.15, 0.2) is 0 Å². The first-order chi connectivity index (χ1) is 18.1. The first-order valence-corrected chi connectivity index (χ1v) is 12.7. The zero-order valence-electron chi connectivity index (χ0n) is 21.3. The number of hydrogen-bond donors (Lipinski definition) is 3. The lowest BCUT2D eigenvalue weighted by molar-refractivity contribution is 0.102. The Bertz CT molecular complexity index is 1240. The van der Waals surface area contributed by atoms with E-state index >= 15 is 0 Å². The number of benzene rings is 1. The molecule has 1 aliphatic heterocycles. The topological polar surface area (TPSA) is 116 Å². The highest BCUT2D eigenvalue weighted by molar-refractivity contribution is 6.04. The van der Waals surface area contributed by atoms with E-state index in [9.17, 15) is 9.90 Å². The first-order valence-electron chi connectivity index (χ1n) is 12.7. The van der Waals surface area contributed by atoms with Gasteiger partial charge in [-0.2, -0.15) is 15.0 Å². The highest BCUT2D eigenvalue weighted by Crippen LogP contribution is 2.28. The van der Waals surface area contributed by atoms with Crippen molar-refractivity contribution in [1.29, 1.82) is 0 Å². The van der Waals surface area contributed by atoms with Crippen LogP contribution in [0.25, 0.3) is 0 Å². The molecule has 2 atom stereocenters. The highest BCUT2D eigenvalue weighted by atomic mass is 16.3. The minimum Gasteiger partial charge on any atom is -0.396 e. The number of pyridine rings is 1. The van der Waals surface area contributed by atoms with E-state index in [1.165, 1.54) is 6.20 Å². The Kier molecular flexibility index (Phi) is 9.00. The second-order valence-electron chi connectivity index (χ2n) is 9.20. The first kappa shape index (κ1) is 26.0. The summed E-state index contributed by atoms with van der Waals surface area (Å²) in [5, 5.41) is 15.3. The molecule has 3 aromatic rings. The molecule has 9 nitrogen and oxygen atoms in total. The van der Waals surface area contributed by atoms with Gasteiger partial charge in [-0.3, -0.25) is 4.79 Å². The third-order valence-corrected chi connectivity index (χ3v) is 6.60. The third kappa shape index (κ3) is 7.24. The van der Waals surface area contributed by atoms with Gasteiger partial charge in [0.05, 0.1) is 5.56 Å². The van der Waals surface area contributed by atoms with Gasteiger partial charge in [-0.15, -0.1) is 0 Å². The quantitative estimate of drug-likeness (QED) is 0.394. The summed E-state index contributed by atoms with van der Waals surface area (Å²) in [6.45, 7) is 5.90. The summed E-state index contributed by atoms with van der Waals surface area (Å²) in [7, 11) is 0. The van der Waals surface area contributed by atoms with Gasteiger partial charge in [-0.05, 0) is 74.6 Å². The average Bonchev–Trinajstić information content (AvgIpc) is 3.17. The van der Waals surface area contributed by atoms with E-state index < -0.39 is 0 Å². The normalized spacial score (nSPS) is 16.2. The predicted molar refractivity (Wildman–Crippen MR) is 145 cm³/mol. The fraction of sp³-hybridized carbons (Fsp3) is 0.393. The van der Waals surface area contributed by atoms with Crippen molar-refractivity contribution in [2.45, 2.75) is 39.5 Å². The fourth-order valence-electron chi connectivity index (χ4n) is 4.50. The number of para-hydroxylation sites is 1. The smallest absolute Gasteiger partial charge is 0.257 e. The van der Waals surface area contributed by atoms with E-state index in [4.69, 9.17) is 0 Å². The van der Waals surface area contributed by atoms with Crippen LogP contribution in [-0.2, 0) is 0 Å². The molecule has 0 spiro atoms. The Morgan fingerprint density at radius 3 is 2.70 bits per heavy atom. The van der Waals surface area contributed by atoms with Crippen LogP contribution in [0.3, 0.4) is 0 Å². The molecule has 4 rings (SSSR count). The van der Waals surface area contributed by atoms with Crippen LogP contribution in [0.5, 0.6) is 0 Å². The van der Waals surface area contributed by atoms with Crippen molar-refractivity contribution in [2.75, 3.05) is 35.2 Å². The molecular formula is C28H33N7O2.